The second-order valence-corrected chi connectivity index (χ2v) is 7.34. The second-order valence-electron chi connectivity index (χ2n) is 5.58. The minimum atomic E-state index is -3.64. The van der Waals surface area contributed by atoms with E-state index in [0.717, 1.165) is 12.0 Å². The lowest BCUT2D eigenvalue weighted by Crippen LogP contribution is -2.23. The number of sulfonamides is 1. The molecule has 130 valence electrons. The van der Waals surface area contributed by atoms with Crippen LogP contribution in [-0.2, 0) is 23.0 Å². The quantitative estimate of drug-likeness (QED) is 0.736. The minimum absolute atomic E-state index is 0.0129. The lowest BCUT2D eigenvalue weighted by molar-refractivity contribution is 0.580. The number of benzene rings is 2. The number of aryl methyl sites for hydroxylation is 1. The minimum Gasteiger partial charge on any atom is -0.303 e. The monoisotopic (exact) mass is 359 g/mol. The van der Waals surface area contributed by atoms with Crippen molar-refractivity contribution < 1.29 is 12.8 Å². The molecule has 0 fully saturated rings. The van der Waals surface area contributed by atoms with Crippen molar-refractivity contribution in [2.24, 2.45) is 0 Å². The van der Waals surface area contributed by atoms with Crippen molar-refractivity contribution in [3.63, 3.8) is 0 Å². The van der Waals surface area contributed by atoms with Crippen LogP contribution in [0.15, 0.2) is 66.1 Å². The molecule has 3 rings (SSSR count). The van der Waals surface area contributed by atoms with Crippen LogP contribution in [-0.4, -0.2) is 18.0 Å². The van der Waals surface area contributed by atoms with Crippen molar-refractivity contribution in [1.29, 1.82) is 0 Å². The summed E-state index contributed by atoms with van der Waals surface area (Å²) in [5.74, 6) is -0.443. The van der Waals surface area contributed by atoms with Gasteiger partial charge in [0.1, 0.15) is 5.82 Å². The van der Waals surface area contributed by atoms with Gasteiger partial charge in [0.05, 0.1) is 16.9 Å². The van der Waals surface area contributed by atoms with Crippen LogP contribution in [0, 0.1) is 5.82 Å². The Balaban J connectivity index is 1.73. The first-order chi connectivity index (χ1) is 12.0. The zero-order valence-electron chi connectivity index (χ0n) is 13.7. The third-order valence-corrected chi connectivity index (χ3v) is 5.32. The number of halogens is 1. The van der Waals surface area contributed by atoms with Gasteiger partial charge in [0.25, 0.3) is 0 Å². The molecule has 0 unspecified atom stereocenters. The second kappa shape index (κ2) is 7.16. The topological polar surface area (TPSA) is 64.0 Å². The molecule has 0 radical (unpaired) electrons. The highest BCUT2D eigenvalue weighted by Gasteiger charge is 2.14. The Kier molecular flexibility index (Phi) is 4.96. The van der Waals surface area contributed by atoms with Crippen LogP contribution < -0.4 is 4.72 Å². The molecule has 0 spiro atoms. The van der Waals surface area contributed by atoms with Crippen molar-refractivity contribution in [3.8, 4) is 5.69 Å². The fourth-order valence-corrected chi connectivity index (χ4v) is 3.46. The first-order valence-corrected chi connectivity index (χ1v) is 9.33. The molecule has 0 saturated heterocycles. The number of aromatic nitrogens is 2. The molecule has 25 heavy (non-hydrogen) atoms. The Morgan fingerprint density at radius 3 is 2.44 bits per heavy atom. The summed E-state index contributed by atoms with van der Waals surface area (Å²) in [6.45, 7) is 2.02. The molecule has 2 aromatic carbocycles. The van der Waals surface area contributed by atoms with Crippen LogP contribution in [0.3, 0.4) is 0 Å². The Labute approximate surface area is 146 Å². The first kappa shape index (κ1) is 17.3. The van der Waals surface area contributed by atoms with Gasteiger partial charge in [0, 0.05) is 18.9 Å². The van der Waals surface area contributed by atoms with E-state index in [1.165, 1.54) is 12.4 Å². The Morgan fingerprint density at radius 2 is 1.84 bits per heavy atom. The van der Waals surface area contributed by atoms with E-state index in [4.69, 9.17) is 0 Å². The molecule has 0 aliphatic heterocycles. The maximum atomic E-state index is 14.2. The molecule has 7 heteroatoms. The predicted octanol–water partition coefficient (Wildman–Crippen LogP) is 3.05. The van der Waals surface area contributed by atoms with Crippen LogP contribution in [0.5, 0.6) is 0 Å². The summed E-state index contributed by atoms with van der Waals surface area (Å²) in [5.41, 5.74) is 1.96. The van der Waals surface area contributed by atoms with E-state index in [1.807, 2.05) is 6.92 Å². The third kappa shape index (κ3) is 3.94. The Hall–Kier alpha value is -2.51. The zero-order valence-corrected chi connectivity index (χ0v) is 14.5. The molecule has 0 bridgehead atoms. The van der Waals surface area contributed by atoms with E-state index >= 15 is 0 Å². The lowest BCUT2D eigenvalue weighted by atomic mass is 10.2. The van der Waals surface area contributed by atoms with Gasteiger partial charge in [-0.1, -0.05) is 25.1 Å². The maximum Gasteiger partial charge on any atom is 0.240 e. The van der Waals surface area contributed by atoms with Crippen molar-refractivity contribution in [1.82, 2.24) is 14.3 Å². The molecule has 1 heterocycles. The first-order valence-electron chi connectivity index (χ1n) is 7.85. The van der Waals surface area contributed by atoms with E-state index in [1.54, 1.807) is 53.4 Å². The van der Waals surface area contributed by atoms with Crippen molar-refractivity contribution in [2.75, 3.05) is 0 Å². The number of hydrogen-bond acceptors (Lipinski definition) is 3. The fraction of sp³-hybridized carbons (Fsp3) is 0.167. The van der Waals surface area contributed by atoms with Crippen LogP contribution >= 0.6 is 0 Å². The normalized spacial score (nSPS) is 11.6. The zero-order chi connectivity index (χ0) is 17.9. The van der Waals surface area contributed by atoms with Gasteiger partial charge in [-0.05, 0) is 41.8 Å². The maximum absolute atomic E-state index is 14.2. The smallest absolute Gasteiger partial charge is 0.240 e. The molecule has 0 atom stereocenters. The fourth-order valence-electron chi connectivity index (χ4n) is 2.44. The van der Waals surface area contributed by atoms with E-state index in [-0.39, 0.29) is 11.4 Å². The van der Waals surface area contributed by atoms with E-state index in [9.17, 15) is 12.8 Å². The summed E-state index contributed by atoms with van der Waals surface area (Å²) < 4.78 is 42.9. The largest absolute Gasteiger partial charge is 0.303 e. The molecule has 1 N–H and O–H groups in total. The molecule has 1 aromatic heterocycles. The van der Waals surface area contributed by atoms with Crippen LogP contribution in [0.1, 0.15) is 18.1 Å². The molecular weight excluding hydrogens is 341 g/mol. The molecular formula is C18H18FN3O2S. The standard InChI is InChI=1S/C18H18FN3O2S/c1-2-14-3-6-16(7-4-14)25(23,24)21-12-15-5-8-18(17(19)11-15)22-10-9-20-13-22/h3-11,13,21H,2,12H2,1H3. The Bertz CT molecular complexity index is 952. The van der Waals surface area contributed by atoms with Crippen LogP contribution in [0.2, 0.25) is 0 Å². The van der Waals surface area contributed by atoms with E-state index < -0.39 is 15.8 Å². The van der Waals surface area contributed by atoms with Crippen molar-refractivity contribution in [3.05, 3.63) is 78.1 Å². The highest BCUT2D eigenvalue weighted by Crippen LogP contribution is 2.16. The van der Waals surface area contributed by atoms with Gasteiger partial charge in [-0.15, -0.1) is 0 Å². The van der Waals surface area contributed by atoms with Gasteiger partial charge in [0.15, 0.2) is 0 Å². The van der Waals surface area contributed by atoms with Crippen LogP contribution in [0.25, 0.3) is 5.69 Å². The van der Waals surface area contributed by atoms with E-state index in [0.29, 0.717) is 11.3 Å². The average molecular weight is 359 g/mol. The summed E-state index contributed by atoms with van der Waals surface area (Å²) in [7, 11) is -3.64. The number of imidazole rings is 1. The SMILES string of the molecule is CCc1ccc(S(=O)(=O)NCc2ccc(-n3ccnc3)c(F)c2)cc1. The Morgan fingerprint density at radius 1 is 1.12 bits per heavy atom. The van der Waals surface area contributed by atoms with Crippen molar-refractivity contribution >= 4 is 10.0 Å². The molecule has 0 amide bonds. The summed E-state index contributed by atoms with van der Waals surface area (Å²) >= 11 is 0. The average Bonchev–Trinajstić information content (AvgIpc) is 3.14. The number of nitrogens with zero attached hydrogens (tertiary/aromatic N) is 2. The number of rotatable bonds is 6. The molecule has 0 aliphatic carbocycles. The lowest BCUT2D eigenvalue weighted by Gasteiger charge is -2.09. The summed E-state index contributed by atoms with van der Waals surface area (Å²) in [6.07, 6.45) is 5.54. The summed E-state index contributed by atoms with van der Waals surface area (Å²) in [4.78, 5) is 4.08. The van der Waals surface area contributed by atoms with Gasteiger partial charge in [0.2, 0.25) is 10.0 Å². The molecule has 0 saturated carbocycles. The summed E-state index contributed by atoms with van der Waals surface area (Å²) in [5, 5.41) is 0. The van der Waals surface area contributed by atoms with Gasteiger partial charge < -0.3 is 4.57 Å². The predicted molar refractivity (Wildman–Crippen MR) is 93.4 cm³/mol. The van der Waals surface area contributed by atoms with Gasteiger partial charge >= 0.3 is 0 Å². The number of hydrogen-bond donors (Lipinski definition) is 1. The molecule has 3 aromatic rings. The van der Waals surface area contributed by atoms with Gasteiger partial charge in [-0.3, -0.25) is 0 Å². The van der Waals surface area contributed by atoms with Crippen LogP contribution in [0.4, 0.5) is 4.39 Å². The highest BCUT2D eigenvalue weighted by atomic mass is 32.2. The summed E-state index contributed by atoms with van der Waals surface area (Å²) in [6, 6.07) is 11.3. The highest BCUT2D eigenvalue weighted by molar-refractivity contribution is 7.89. The van der Waals surface area contributed by atoms with Crippen molar-refractivity contribution in [2.45, 2.75) is 24.8 Å². The van der Waals surface area contributed by atoms with Gasteiger partial charge in [-0.25, -0.2) is 22.5 Å². The van der Waals surface area contributed by atoms with Gasteiger partial charge in [-0.2, -0.15) is 0 Å². The number of nitrogens with one attached hydrogen (secondary N) is 1. The molecule has 0 aliphatic rings. The third-order valence-electron chi connectivity index (χ3n) is 3.90. The van der Waals surface area contributed by atoms with E-state index in [2.05, 4.69) is 9.71 Å². The molecule has 5 nitrogen and oxygen atoms in total.